The third-order valence-corrected chi connectivity index (χ3v) is 3.04. The van der Waals surface area contributed by atoms with E-state index in [4.69, 9.17) is 10.5 Å². The van der Waals surface area contributed by atoms with Gasteiger partial charge in [-0.25, -0.2) is 4.39 Å². The maximum Gasteiger partial charge on any atom is 0.259 e. The second-order valence-corrected chi connectivity index (χ2v) is 4.54. The summed E-state index contributed by atoms with van der Waals surface area (Å²) >= 11 is 0. The second-order valence-electron chi connectivity index (χ2n) is 4.54. The molecule has 1 amide bonds. The van der Waals surface area contributed by atoms with Gasteiger partial charge in [0, 0.05) is 0 Å². The van der Waals surface area contributed by atoms with Crippen molar-refractivity contribution >= 4 is 17.3 Å². The van der Waals surface area contributed by atoms with E-state index >= 15 is 0 Å². The van der Waals surface area contributed by atoms with Crippen molar-refractivity contribution in [2.24, 2.45) is 0 Å². The number of benzene rings is 2. The minimum absolute atomic E-state index is 0.160. The van der Waals surface area contributed by atoms with Gasteiger partial charge in [0.2, 0.25) is 0 Å². The van der Waals surface area contributed by atoms with Crippen LogP contribution in [-0.4, -0.2) is 12.5 Å². The summed E-state index contributed by atoms with van der Waals surface area (Å²) in [6, 6.07) is 9.50. The number of halogens is 1. The predicted molar refractivity (Wildman–Crippen MR) is 81.1 cm³/mol. The van der Waals surface area contributed by atoms with Gasteiger partial charge in [0.15, 0.2) is 5.75 Å². The number of nitrogen functional groups attached to an aromatic ring is 1. The summed E-state index contributed by atoms with van der Waals surface area (Å²) in [5.41, 5.74) is 7.27. The first kappa shape index (κ1) is 14.8. The number of hydrogen-bond donors (Lipinski definition) is 2. The topological polar surface area (TPSA) is 64.3 Å². The summed E-state index contributed by atoms with van der Waals surface area (Å²) in [7, 11) is 0. The molecule has 2 aromatic carbocycles. The lowest BCUT2D eigenvalue weighted by Crippen LogP contribution is -2.16. The van der Waals surface area contributed by atoms with Crippen molar-refractivity contribution in [2.45, 2.75) is 13.8 Å². The number of nitrogens with two attached hydrogens (primary N) is 1. The van der Waals surface area contributed by atoms with Crippen molar-refractivity contribution in [2.75, 3.05) is 17.7 Å². The molecule has 21 heavy (non-hydrogen) atoms. The number of para-hydroxylation sites is 2. The van der Waals surface area contributed by atoms with Crippen molar-refractivity contribution in [3.05, 3.63) is 53.3 Å². The lowest BCUT2D eigenvalue weighted by Gasteiger charge is -2.14. The van der Waals surface area contributed by atoms with Gasteiger partial charge in [-0.15, -0.1) is 0 Å². The summed E-state index contributed by atoms with van der Waals surface area (Å²) in [5, 5.41) is 2.57. The van der Waals surface area contributed by atoms with Gasteiger partial charge < -0.3 is 15.8 Å². The summed E-state index contributed by atoms with van der Waals surface area (Å²) in [6.45, 7) is 3.91. The van der Waals surface area contributed by atoms with Crippen LogP contribution < -0.4 is 15.8 Å². The fourth-order valence-electron chi connectivity index (χ4n) is 2.01. The SMILES string of the molecule is CCOc1c(N)cccc1C(=O)Nc1c(C)cccc1F. The van der Waals surface area contributed by atoms with Gasteiger partial charge in [-0.05, 0) is 37.6 Å². The third-order valence-electron chi connectivity index (χ3n) is 3.04. The van der Waals surface area contributed by atoms with Crippen LogP contribution in [0.15, 0.2) is 36.4 Å². The molecule has 0 saturated carbocycles. The lowest BCUT2D eigenvalue weighted by atomic mass is 10.1. The molecule has 2 rings (SSSR count). The first-order chi connectivity index (χ1) is 10.0. The Balaban J connectivity index is 2.35. The molecule has 4 nitrogen and oxygen atoms in total. The first-order valence-corrected chi connectivity index (χ1v) is 6.62. The monoisotopic (exact) mass is 288 g/mol. The molecule has 5 heteroatoms. The maximum atomic E-state index is 13.8. The summed E-state index contributed by atoms with van der Waals surface area (Å²) in [5.74, 6) is -0.629. The molecule has 0 aliphatic carbocycles. The van der Waals surface area contributed by atoms with Crippen molar-refractivity contribution in [1.29, 1.82) is 0 Å². The smallest absolute Gasteiger partial charge is 0.259 e. The minimum Gasteiger partial charge on any atom is -0.491 e. The zero-order valence-electron chi connectivity index (χ0n) is 11.9. The molecule has 2 aromatic rings. The molecule has 0 bridgehead atoms. The van der Waals surface area contributed by atoms with Crippen molar-refractivity contribution in [3.63, 3.8) is 0 Å². The molecular formula is C16H17FN2O2. The van der Waals surface area contributed by atoms with Gasteiger partial charge in [-0.2, -0.15) is 0 Å². The van der Waals surface area contributed by atoms with E-state index in [0.29, 0.717) is 23.6 Å². The lowest BCUT2D eigenvalue weighted by molar-refractivity contribution is 0.102. The summed E-state index contributed by atoms with van der Waals surface area (Å²) in [6.07, 6.45) is 0. The Kier molecular flexibility index (Phi) is 4.42. The number of carbonyl (C=O) groups is 1. The van der Waals surface area contributed by atoms with Gasteiger partial charge in [-0.1, -0.05) is 18.2 Å². The highest BCUT2D eigenvalue weighted by Gasteiger charge is 2.17. The zero-order valence-corrected chi connectivity index (χ0v) is 11.9. The molecule has 0 saturated heterocycles. The zero-order chi connectivity index (χ0) is 15.4. The average Bonchev–Trinajstić information content (AvgIpc) is 2.45. The van der Waals surface area contributed by atoms with E-state index in [-0.39, 0.29) is 11.3 Å². The molecule has 0 spiro atoms. The Morgan fingerprint density at radius 3 is 2.67 bits per heavy atom. The number of amides is 1. The molecule has 0 aliphatic heterocycles. The molecule has 0 fully saturated rings. The Morgan fingerprint density at radius 1 is 1.29 bits per heavy atom. The third kappa shape index (κ3) is 3.13. The number of ether oxygens (including phenoxy) is 1. The van der Waals surface area contributed by atoms with Crippen LogP contribution in [0.3, 0.4) is 0 Å². The van der Waals surface area contributed by atoms with Crippen LogP contribution in [0.2, 0.25) is 0 Å². The Morgan fingerprint density at radius 2 is 2.00 bits per heavy atom. The highest BCUT2D eigenvalue weighted by atomic mass is 19.1. The number of hydrogen-bond acceptors (Lipinski definition) is 3. The number of aryl methyl sites for hydroxylation is 1. The molecule has 0 heterocycles. The van der Waals surface area contributed by atoms with Crippen LogP contribution in [0.4, 0.5) is 15.8 Å². The minimum atomic E-state index is -0.481. The maximum absolute atomic E-state index is 13.8. The van der Waals surface area contributed by atoms with Gasteiger partial charge in [0.25, 0.3) is 5.91 Å². The van der Waals surface area contributed by atoms with Crippen LogP contribution >= 0.6 is 0 Å². The van der Waals surface area contributed by atoms with E-state index < -0.39 is 11.7 Å². The normalized spacial score (nSPS) is 10.2. The number of nitrogens with one attached hydrogen (secondary N) is 1. The highest BCUT2D eigenvalue weighted by molar-refractivity contribution is 6.07. The second kappa shape index (κ2) is 6.26. The van der Waals surface area contributed by atoms with E-state index in [1.165, 1.54) is 6.07 Å². The van der Waals surface area contributed by atoms with E-state index in [9.17, 15) is 9.18 Å². The largest absolute Gasteiger partial charge is 0.491 e. The molecule has 0 aliphatic rings. The van der Waals surface area contributed by atoms with Gasteiger partial charge in [-0.3, -0.25) is 4.79 Å². The van der Waals surface area contributed by atoms with Crippen molar-refractivity contribution < 1.29 is 13.9 Å². The Labute approximate surface area is 122 Å². The first-order valence-electron chi connectivity index (χ1n) is 6.62. The predicted octanol–water partition coefficient (Wildman–Crippen LogP) is 3.37. The molecule has 0 aromatic heterocycles. The van der Waals surface area contributed by atoms with Gasteiger partial charge in [0.1, 0.15) is 5.82 Å². The summed E-state index contributed by atoms with van der Waals surface area (Å²) < 4.78 is 19.2. The summed E-state index contributed by atoms with van der Waals surface area (Å²) in [4.78, 5) is 12.4. The van der Waals surface area contributed by atoms with E-state index in [0.717, 1.165) is 0 Å². The standard InChI is InChI=1S/C16H17FN2O2/c1-3-21-15-11(7-5-9-13(15)18)16(20)19-14-10(2)6-4-8-12(14)17/h4-9H,3,18H2,1-2H3,(H,19,20). The Bertz CT molecular complexity index is 651. The molecule has 3 N–H and O–H groups in total. The number of anilines is 2. The molecule has 0 unspecified atom stereocenters. The molecule has 110 valence electrons. The van der Waals surface area contributed by atoms with E-state index in [2.05, 4.69) is 5.32 Å². The van der Waals surface area contributed by atoms with Crippen LogP contribution in [0, 0.1) is 12.7 Å². The quantitative estimate of drug-likeness (QED) is 0.848. The van der Waals surface area contributed by atoms with Gasteiger partial charge in [0.05, 0.1) is 23.5 Å². The van der Waals surface area contributed by atoms with Crippen LogP contribution in [0.1, 0.15) is 22.8 Å². The van der Waals surface area contributed by atoms with Crippen LogP contribution in [0.25, 0.3) is 0 Å². The average molecular weight is 288 g/mol. The number of carbonyl (C=O) groups excluding carboxylic acids is 1. The highest BCUT2D eigenvalue weighted by Crippen LogP contribution is 2.28. The van der Waals surface area contributed by atoms with Gasteiger partial charge >= 0.3 is 0 Å². The van der Waals surface area contributed by atoms with Crippen LogP contribution in [0.5, 0.6) is 5.75 Å². The Hall–Kier alpha value is -2.56. The van der Waals surface area contributed by atoms with Crippen molar-refractivity contribution in [1.82, 2.24) is 0 Å². The van der Waals surface area contributed by atoms with Crippen molar-refractivity contribution in [3.8, 4) is 5.75 Å². The molecule has 0 radical (unpaired) electrons. The van der Waals surface area contributed by atoms with E-state index in [1.807, 2.05) is 0 Å². The van der Waals surface area contributed by atoms with Crippen LogP contribution in [-0.2, 0) is 0 Å². The fourth-order valence-corrected chi connectivity index (χ4v) is 2.01. The molecular weight excluding hydrogens is 271 g/mol. The fraction of sp³-hybridized carbons (Fsp3) is 0.188. The number of rotatable bonds is 4. The van der Waals surface area contributed by atoms with E-state index in [1.54, 1.807) is 44.2 Å². The molecule has 0 atom stereocenters.